The Hall–Kier alpha value is -7.21. The van der Waals surface area contributed by atoms with Gasteiger partial charge in [-0.05, 0) is 52.6 Å². The van der Waals surface area contributed by atoms with Crippen molar-refractivity contribution in [2.45, 2.75) is 0 Å². The maximum atomic E-state index is 8.76. The Labute approximate surface area is 329 Å². The van der Waals surface area contributed by atoms with Gasteiger partial charge >= 0.3 is 0 Å². The van der Waals surface area contributed by atoms with Crippen molar-refractivity contribution in [1.82, 2.24) is 19.5 Å². The van der Waals surface area contributed by atoms with E-state index in [1.165, 1.54) is 25.7 Å². The number of para-hydroxylation sites is 1. The van der Waals surface area contributed by atoms with E-state index in [2.05, 4.69) is 114 Å². The van der Waals surface area contributed by atoms with Crippen LogP contribution in [0.5, 0.6) is 0 Å². The topological polar surface area (TPSA) is 43.6 Å². The highest BCUT2D eigenvalue weighted by Crippen LogP contribution is 2.44. The lowest BCUT2D eigenvalue weighted by Gasteiger charge is -2.17. The Morgan fingerprint density at radius 1 is 0.411 bits per heavy atom. The smallest absolute Gasteiger partial charge is 0.166 e. The lowest BCUT2D eigenvalue weighted by molar-refractivity contribution is 1.06. The van der Waals surface area contributed by atoms with Gasteiger partial charge in [0.2, 0.25) is 0 Å². The van der Waals surface area contributed by atoms with Gasteiger partial charge in [-0.15, -0.1) is 11.3 Å². The molecule has 0 saturated carbocycles. The van der Waals surface area contributed by atoms with Crippen molar-refractivity contribution in [2.24, 2.45) is 0 Å². The lowest BCUT2D eigenvalue weighted by Crippen LogP contribution is -2.04. The summed E-state index contributed by atoms with van der Waals surface area (Å²) in [6.45, 7) is 0. The summed E-state index contributed by atoms with van der Waals surface area (Å²) in [4.78, 5) is 15.5. The molecule has 262 valence electrons. The van der Waals surface area contributed by atoms with Gasteiger partial charge in [-0.3, -0.25) is 0 Å². The minimum Gasteiger partial charge on any atom is -0.308 e. The molecule has 3 aromatic heterocycles. The Morgan fingerprint density at radius 3 is 1.77 bits per heavy atom. The molecule has 0 fully saturated rings. The fourth-order valence-corrected chi connectivity index (χ4v) is 9.29. The van der Waals surface area contributed by atoms with Gasteiger partial charge in [-0.2, -0.15) is 0 Å². The van der Waals surface area contributed by atoms with Gasteiger partial charge in [0.05, 0.1) is 18.1 Å². The summed E-state index contributed by atoms with van der Waals surface area (Å²) in [5.74, 6) is 1.80. The van der Waals surface area contributed by atoms with E-state index in [0.29, 0.717) is 23.5 Å². The predicted molar refractivity (Wildman–Crippen MR) is 234 cm³/mol. The number of fused-ring (bicyclic) bond motifs is 6. The van der Waals surface area contributed by atoms with Crippen LogP contribution in [0.4, 0.5) is 0 Å². The molecule has 11 aromatic rings. The Morgan fingerprint density at radius 2 is 1.02 bits per heavy atom. The number of thiophene rings is 1. The maximum Gasteiger partial charge on any atom is 0.166 e. The van der Waals surface area contributed by atoms with Crippen molar-refractivity contribution in [3.05, 3.63) is 194 Å². The van der Waals surface area contributed by atoms with Gasteiger partial charge in [0.15, 0.2) is 17.5 Å². The lowest BCUT2D eigenvalue weighted by atomic mass is 9.99. The van der Waals surface area contributed by atoms with Gasteiger partial charge in [0.1, 0.15) is 0 Å². The second kappa shape index (κ2) is 13.3. The summed E-state index contributed by atoms with van der Waals surface area (Å²) in [6.07, 6.45) is 0. The van der Waals surface area contributed by atoms with Gasteiger partial charge in [-0.1, -0.05) is 164 Å². The summed E-state index contributed by atoms with van der Waals surface area (Å²) in [5.41, 5.74) is 10.2. The molecule has 0 saturated heterocycles. The summed E-state index contributed by atoms with van der Waals surface area (Å²) >= 11 is 1.83. The van der Waals surface area contributed by atoms with Crippen LogP contribution in [0.2, 0.25) is 0 Å². The molecule has 0 aliphatic heterocycles. The molecule has 0 unspecified atom stereocenters. The molecule has 0 amide bonds. The van der Waals surface area contributed by atoms with Gasteiger partial charge in [-0.25, -0.2) is 15.0 Å². The third-order valence-corrected chi connectivity index (χ3v) is 11.8. The third kappa shape index (κ3) is 5.32. The average molecular weight is 734 g/mol. The first-order chi connectivity index (χ1) is 28.2. The van der Waals surface area contributed by atoms with Crippen LogP contribution in [0, 0.1) is 0 Å². The van der Waals surface area contributed by atoms with Crippen LogP contribution >= 0.6 is 11.3 Å². The fraction of sp³-hybridized carbons (Fsp3) is 0. The molecule has 0 spiro atoms. The monoisotopic (exact) mass is 733 g/mol. The molecule has 0 N–H and O–H groups in total. The van der Waals surface area contributed by atoms with E-state index in [4.69, 9.17) is 16.3 Å². The van der Waals surface area contributed by atoms with Crippen molar-refractivity contribution < 1.29 is 1.37 Å². The van der Waals surface area contributed by atoms with Crippen LogP contribution in [0.1, 0.15) is 1.37 Å². The highest BCUT2D eigenvalue weighted by atomic mass is 32.1. The number of hydrogen-bond donors (Lipinski definition) is 0. The number of hydrogen-bond acceptors (Lipinski definition) is 4. The molecule has 0 atom stereocenters. The van der Waals surface area contributed by atoms with E-state index >= 15 is 0 Å². The van der Waals surface area contributed by atoms with Crippen molar-refractivity contribution in [1.29, 1.82) is 0 Å². The van der Waals surface area contributed by atoms with Crippen LogP contribution in [0.15, 0.2) is 194 Å². The minimum absolute atomic E-state index is 0.465. The van der Waals surface area contributed by atoms with Crippen molar-refractivity contribution in [3.8, 4) is 62.1 Å². The zero-order valence-corrected chi connectivity index (χ0v) is 30.9. The second-order valence-corrected chi connectivity index (χ2v) is 14.9. The summed E-state index contributed by atoms with van der Waals surface area (Å²) < 4.78 is 13.6. The number of aromatic nitrogens is 4. The number of nitrogens with zero attached hydrogens (tertiary/aromatic N) is 4. The Balaban J connectivity index is 1.25. The van der Waals surface area contributed by atoms with E-state index in [0.717, 1.165) is 60.9 Å². The van der Waals surface area contributed by atoms with Crippen LogP contribution in [-0.4, -0.2) is 19.5 Å². The molecule has 4 nitrogen and oxygen atoms in total. The minimum atomic E-state index is 0.465. The summed E-state index contributed by atoms with van der Waals surface area (Å²) in [5, 5.41) is 4.64. The largest absolute Gasteiger partial charge is 0.308 e. The summed E-state index contributed by atoms with van der Waals surface area (Å²) in [7, 11) is 0. The first-order valence-corrected chi connectivity index (χ1v) is 19.5. The molecule has 0 aliphatic carbocycles. The van der Waals surface area contributed by atoms with E-state index in [1.807, 2.05) is 90.2 Å². The van der Waals surface area contributed by atoms with E-state index in [-0.39, 0.29) is 0 Å². The molecule has 56 heavy (non-hydrogen) atoms. The second-order valence-electron chi connectivity index (χ2n) is 13.9. The Bertz CT molecular complexity index is 3240. The molecular weight excluding hydrogens is 701 g/mol. The zero-order chi connectivity index (χ0) is 37.9. The average Bonchev–Trinajstić information content (AvgIpc) is 3.82. The SMILES string of the molecule is [2H]c1ccc2c(c1)c1c(-c3ccccc3)cccc1n2-c1cc(-c2cccc3c2sc2ccccc23)ccc1-c1nc(-c2ccccc2)nc(-c2ccccc2)n1. The van der Waals surface area contributed by atoms with Crippen LogP contribution in [-0.2, 0) is 0 Å². The summed E-state index contributed by atoms with van der Waals surface area (Å²) in [6, 6.07) is 65.6. The van der Waals surface area contributed by atoms with Gasteiger partial charge < -0.3 is 4.57 Å². The predicted octanol–water partition coefficient (Wildman–Crippen LogP) is 13.7. The fourth-order valence-electron chi connectivity index (χ4n) is 8.05. The molecule has 0 radical (unpaired) electrons. The van der Waals surface area contributed by atoms with Crippen LogP contribution in [0.25, 0.3) is 104 Å². The van der Waals surface area contributed by atoms with Crippen molar-refractivity contribution in [3.63, 3.8) is 0 Å². The van der Waals surface area contributed by atoms with E-state index in [1.54, 1.807) is 0 Å². The molecular formula is C51H32N4S. The van der Waals surface area contributed by atoms with Crippen LogP contribution in [0.3, 0.4) is 0 Å². The quantitative estimate of drug-likeness (QED) is 0.171. The molecule has 8 aromatic carbocycles. The molecule has 5 heteroatoms. The highest BCUT2D eigenvalue weighted by Gasteiger charge is 2.22. The first-order valence-electron chi connectivity index (χ1n) is 19.2. The third-order valence-electron chi connectivity index (χ3n) is 10.6. The van der Waals surface area contributed by atoms with Gasteiger partial charge in [0, 0.05) is 47.6 Å². The van der Waals surface area contributed by atoms with E-state index < -0.39 is 0 Å². The normalized spacial score (nSPS) is 11.8. The molecule has 0 bridgehead atoms. The Kier molecular flexibility index (Phi) is 7.39. The first kappa shape index (κ1) is 31.2. The maximum absolute atomic E-state index is 8.76. The van der Waals surface area contributed by atoms with Gasteiger partial charge in [0.25, 0.3) is 0 Å². The number of rotatable bonds is 6. The number of benzene rings is 8. The van der Waals surface area contributed by atoms with Crippen LogP contribution < -0.4 is 0 Å². The van der Waals surface area contributed by atoms with E-state index in [9.17, 15) is 0 Å². The highest BCUT2D eigenvalue weighted by molar-refractivity contribution is 7.26. The van der Waals surface area contributed by atoms with Crippen molar-refractivity contribution >= 4 is 53.3 Å². The molecule has 0 aliphatic rings. The standard InChI is InChI=1S/C51H32N4S/c1-4-16-33(17-5-1)37-24-15-28-44-47(37)41-23-10-12-27-43(41)55(44)45-32-36(38-25-14-26-40-39-22-11-13-29-46(39)56-48(38)40)30-31-42(45)51-53-49(34-18-6-2-7-19-34)52-50(54-51)35-20-8-3-9-21-35/h1-32H/i10D. The zero-order valence-electron chi connectivity index (χ0n) is 31.1. The van der Waals surface area contributed by atoms with Crippen molar-refractivity contribution in [2.75, 3.05) is 0 Å². The molecule has 11 rings (SSSR count). The molecule has 3 heterocycles.